The molecule has 0 fully saturated rings. The third-order valence-corrected chi connectivity index (χ3v) is 3.91. The molecule has 24 heavy (non-hydrogen) atoms. The number of nitrogens with zero attached hydrogens (tertiary/aromatic N) is 1. The van der Waals surface area contributed by atoms with Crippen molar-refractivity contribution in [3.8, 4) is 5.75 Å². The average Bonchev–Trinajstić information content (AvgIpc) is 2.61. The lowest BCUT2D eigenvalue weighted by molar-refractivity contribution is -0.123. The molecule has 1 atom stereocenters. The normalized spacial score (nSPS) is 11.5. The van der Waals surface area contributed by atoms with Crippen LogP contribution < -0.4 is 10.1 Å². The number of aromatic nitrogens is 1. The first-order valence-electron chi connectivity index (χ1n) is 7.20. The predicted octanol–water partition coefficient (Wildman–Crippen LogP) is 3.00. The summed E-state index contributed by atoms with van der Waals surface area (Å²) in [6, 6.07) is 10.3. The quantitative estimate of drug-likeness (QED) is 0.640. The molecule has 0 aliphatic carbocycles. The molecule has 7 heteroatoms. The maximum absolute atomic E-state index is 12.2. The lowest BCUT2D eigenvalue weighted by Gasteiger charge is -2.15. The number of rotatable bonds is 6. The smallest absolute Gasteiger partial charge is 0.341 e. The van der Waals surface area contributed by atoms with Crippen LogP contribution in [0.25, 0.3) is 0 Å². The number of benzene rings is 1. The van der Waals surface area contributed by atoms with Crippen molar-refractivity contribution in [2.75, 3.05) is 18.7 Å². The molecule has 6 nitrogen and oxygen atoms in total. The van der Waals surface area contributed by atoms with E-state index in [0.29, 0.717) is 22.0 Å². The Morgan fingerprint density at radius 3 is 2.67 bits per heavy atom. The Balaban J connectivity index is 2.05. The molecule has 0 saturated heterocycles. The minimum atomic E-state index is -0.961. The van der Waals surface area contributed by atoms with E-state index in [1.54, 1.807) is 42.6 Å². The van der Waals surface area contributed by atoms with Crippen molar-refractivity contribution in [3.63, 3.8) is 0 Å². The van der Waals surface area contributed by atoms with Crippen LogP contribution in [0.4, 0.5) is 5.69 Å². The highest BCUT2D eigenvalue weighted by molar-refractivity contribution is 7.98. The molecule has 1 N–H and O–H groups in total. The van der Waals surface area contributed by atoms with Crippen LogP contribution in [-0.4, -0.2) is 36.3 Å². The molecule has 0 unspecified atom stereocenters. The number of pyridine rings is 1. The Kier molecular flexibility index (Phi) is 6.20. The van der Waals surface area contributed by atoms with Crippen LogP contribution in [-0.2, 0) is 9.53 Å². The summed E-state index contributed by atoms with van der Waals surface area (Å²) < 4.78 is 10.4. The van der Waals surface area contributed by atoms with E-state index < -0.39 is 18.0 Å². The third kappa shape index (κ3) is 4.26. The van der Waals surface area contributed by atoms with Crippen LogP contribution in [0.15, 0.2) is 47.6 Å². The minimum absolute atomic E-state index is 0.335. The van der Waals surface area contributed by atoms with Gasteiger partial charge in [0, 0.05) is 6.20 Å². The molecule has 2 rings (SSSR count). The lowest BCUT2D eigenvalue weighted by atomic mass is 10.2. The molecule has 1 amide bonds. The van der Waals surface area contributed by atoms with Gasteiger partial charge >= 0.3 is 5.97 Å². The number of anilines is 1. The highest BCUT2D eigenvalue weighted by Crippen LogP contribution is 2.23. The zero-order chi connectivity index (χ0) is 17.5. The van der Waals surface area contributed by atoms with Gasteiger partial charge in [-0.05, 0) is 37.4 Å². The van der Waals surface area contributed by atoms with E-state index in [-0.39, 0.29) is 0 Å². The minimum Gasteiger partial charge on any atom is -0.495 e. The highest BCUT2D eigenvalue weighted by atomic mass is 32.2. The van der Waals surface area contributed by atoms with Crippen molar-refractivity contribution in [3.05, 3.63) is 48.2 Å². The molecule has 1 aromatic carbocycles. The first-order valence-corrected chi connectivity index (χ1v) is 8.43. The number of para-hydroxylation sites is 2. The fourth-order valence-corrected chi connectivity index (χ4v) is 2.51. The average molecular weight is 346 g/mol. The van der Waals surface area contributed by atoms with Gasteiger partial charge in [-0.3, -0.25) is 4.79 Å². The van der Waals surface area contributed by atoms with E-state index in [4.69, 9.17) is 9.47 Å². The van der Waals surface area contributed by atoms with Crippen LogP contribution in [0, 0.1) is 0 Å². The van der Waals surface area contributed by atoms with Gasteiger partial charge in [0.1, 0.15) is 10.8 Å². The maximum Gasteiger partial charge on any atom is 0.341 e. The van der Waals surface area contributed by atoms with Gasteiger partial charge in [0.15, 0.2) is 6.10 Å². The highest BCUT2D eigenvalue weighted by Gasteiger charge is 2.21. The Bertz CT molecular complexity index is 736. The van der Waals surface area contributed by atoms with Gasteiger partial charge < -0.3 is 14.8 Å². The van der Waals surface area contributed by atoms with E-state index in [9.17, 15) is 9.59 Å². The standard InChI is InChI=1S/C17H18N2O4S/c1-11(15(20)19-13-8-4-5-9-14(13)22-2)23-17(21)12-7-6-10-18-16(12)24-3/h4-11H,1-3H3,(H,19,20)/t11-/m0/s1. The molecule has 0 bridgehead atoms. The van der Waals surface area contributed by atoms with E-state index in [1.807, 2.05) is 6.26 Å². The van der Waals surface area contributed by atoms with Gasteiger partial charge in [-0.15, -0.1) is 11.8 Å². The van der Waals surface area contributed by atoms with Crippen LogP contribution in [0.2, 0.25) is 0 Å². The van der Waals surface area contributed by atoms with Crippen LogP contribution in [0.1, 0.15) is 17.3 Å². The molecule has 1 aromatic heterocycles. The number of ether oxygens (including phenoxy) is 2. The zero-order valence-electron chi connectivity index (χ0n) is 13.6. The number of methoxy groups -OCH3 is 1. The Labute approximate surface area is 144 Å². The SMILES string of the molecule is COc1ccccc1NC(=O)[C@H](C)OC(=O)c1cccnc1SC. The summed E-state index contributed by atoms with van der Waals surface area (Å²) in [6.07, 6.45) is 2.45. The van der Waals surface area contributed by atoms with Crippen LogP contribution in [0.5, 0.6) is 5.75 Å². The second kappa shape index (κ2) is 8.35. The second-order valence-corrected chi connectivity index (χ2v) is 5.59. The number of thioether (sulfide) groups is 1. The maximum atomic E-state index is 12.2. The Morgan fingerprint density at radius 2 is 1.96 bits per heavy atom. The van der Waals surface area contributed by atoms with Gasteiger partial charge in [-0.2, -0.15) is 0 Å². The monoisotopic (exact) mass is 346 g/mol. The molecule has 0 aliphatic rings. The first kappa shape index (κ1) is 17.8. The number of esters is 1. The fourth-order valence-electron chi connectivity index (χ4n) is 1.97. The van der Waals surface area contributed by atoms with Gasteiger partial charge in [0.25, 0.3) is 5.91 Å². The first-order chi connectivity index (χ1) is 11.6. The van der Waals surface area contributed by atoms with E-state index in [2.05, 4.69) is 10.3 Å². The summed E-state index contributed by atoms with van der Waals surface area (Å²) >= 11 is 1.34. The van der Waals surface area contributed by atoms with Crippen LogP contribution in [0.3, 0.4) is 0 Å². The topological polar surface area (TPSA) is 77.5 Å². The predicted molar refractivity (Wildman–Crippen MR) is 92.5 cm³/mol. The number of nitrogens with one attached hydrogen (secondary N) is 1. The summed E-state index contributed by atoms with van der Waals surface area (Å²) in [7, 11) is 1.51. The summed E-state index contributed by atoms with van der Waals surface area (Å²) in [4.78, 5) is 28.6. The molecule has 2 aromatic rings. The number of carbonyl (C=O) groups is 2. The van der Waals surface area contributed by atoms with Gasteiger partial charge in [0.05, 0.1) is 18.4 Å². The second-order valence-electron chi connectivity index (χ2n) is 4.80. The Morgan fingerprint density at radius 1 is 1.21 bits per heavy atom. The summed E-state index contributed by atoms with van der Waals surface area (Å²) in [5.74, 6) is -0.501. The summed E-state index contributed by atoms with van der Waals surface area (Å²) in [5, 5.41) is 3.24. The van der Waals surface area contributed by atoms with Crippen LogP contribution >= 0.6 is 11.8 Å². The molecule has 0 spiro atoms. The van der Waals surface area contributed by atoms with Gasteiger partial charge in [-0.1, -0.05) is 12.1 Å². The molecule has 0 aliphatic heterocycles. The van der Waals surface area contributed by atoms with Crippen molar-refractivity contribution in [2.24, 2.45) is 0 Å². The van der Waals surface area contributed by atoms with Crippen molar-refractivity contribution in [1.82, 2.24) is 4.98 Å². The van der Waals surface area contributed by atoms with Crippen molar-refractivity contribution >= 4 is 29.3 Å². The number of hydrogen-bond donors (Lipinski definition) is 1. The van der Waals surface area contributed by atoms with E-state index >= 15 is 0 Å². The molecule has 0 saturated carbocycles. The summed E-state index contributed by atoms with van der Waals surface area (Å²) in [6.45, 7) is 1.51. The van der Waals surface area contributed by atoms with E-state index in [1.165, 1.54) is 25.8 Å². The molecular weight excluding hydrogens is 328 g/mol. The molecule has 0 radical (unpaired) electrons. The van der Waals surface area contributed by atoms with Crippen molar-refractivity contribution in [1.29, 1.82) is 0 Å². The molecule has 1 heterocycles. The molecular formula is C17H18N2O4S. The van der Waals surface area contributed by atoms with Crippen molar-refractivity contribution in [2.45, 2.75) is 18.1 Å². The van der Waals surface area contributed by atoms with Gasteiger partial charge in [0.2, 0.25) is 0 Å². The zero-order valence-corrected chi connectivity index (χ0v) is 14.4. The third-order valence-electron chi connectivity index (χ3n) is 3.20. The number of carbonyl (C=O) groups excluding carboxylic acids is 2. The Hall–Kier alpha value is -2.54. The largest absolute Gasteiger partial charge is 0.495 e. The van der Waals surface area contributed by atoms with Crippen molar-refractivity contribution < 1.29 is 19.1 Å². The fraction of sp³-hybridized carbons (Fsp3) is 0.235. The van der Waals surface area contributed by atoms with Gasteiger partial charge in [-0.25, -0.2) is 9.78 Å². The number of hydrogen-bond acceptors (Lipinski definition) is 6. The lowest BCUT2D eigenvalue weighted by Crippen LogP contribution is -2.30. The molecule has 126 valence electrons. The summed E-state index contributed by atoms with van der Waals surface area (Å²) in [5.41, 5.74) is 0.848. The number of amides is 1. The van der Waals surface area contributed by atoms with E-state index in [0.717, 1.165) is 0 Å².